The average molecular weight is 510 g/mol. The van der Waals surface area contributed by atoms with Gasteiger partial charge in [0.2, 0.25) is 5.91 Å². The van der Waals surface area contributed by atoms with Gasteiger partial charge in [-0.05, 0) is 17.9 Å². The summed E-state index contributed by atoms with van der Waals surface area (Å²) >= 11 is 1.34. The van der Waals surface area contributed by atoms with E-state index in [1.165, 1.54) is 23.5 Å². The average Bonchev–Trinajstić information content (AvgIpc) is 3.42. The number of primary amides is 1. The lowest BCUT2D eigenvalue weighted by atomic mass is 9.62. The van der Waals surface area contributed by atoms with Crippen LogP contribution in [0.5, 0.6) is 0 Å². The van der Waals surface area contributed by atoms with Gasteiger partial charge in [0.05, 0.1) is 5.56 Å². The fourth-order valence-electron chi connectivity index (χ4n) is 4.99. The number of benzene rings is 1. The number of carbonyl (C=O) groups is 1. The molecular formula is C23H26F3N5O3S. The second kappa shape index (κ2) is 8.17. The lowest BCUT2D eigenvalue weighted by molar-refractivity contribution is -0.222. The predicted molar refractivity (Wildman–Crippen MR) is 125 cm³/mol. The quantitative estimate of drug-likeness (QED) is 0.517. The monoisotopic (exact) mass is 509 g/mol. The van der Waals surface area contributed by atoms with Crippen LogP contribution >= 0.6 is 11.3 Å². The van der Waals surface area contributed by atoms with Crippen molar-refractivity contribution in [2.45, 2.75) is 51.1 Å². The Morgan fingerprint density at radius 2 is 2.14 bits per heavy atom. The number of anilines is 1. The second-order valence-corrected chi connectivity index (χ2v) is 11.1. The number of amides is 1. The van der Waals surface area contributed by atoms with Gasteiger partial charge in [-0.15, -0.1) is 11.3 Å². The highest BCUT2D eigenvalue weighted by atomic mass is 32.1. The minimum atomic E-state index is -4.79. The van der Waals surface area contributed by atoms with E-state index in [0.29, 0.717) is 23.7 Å². The fourth-order valence-corrected chi connectivity index (χ4v) is 5.65. The lowest BCUT2D eigenvalue weighted by Crippen LogP contribution is -2.80. The first kappa shape index (κ1) is 24.0. The molecule has 3 aliphatic rings. The zero-order chi connectivity index (χ0) is 25.2. The van der Waals surface area contributed by atoms with Crippen LogP contribution in [-0.4, -0.2) is 53.3 Å². The van der Waals surface area contributed by atoms with Gasteiger partial charge in [0.1, 0.15) is 17.1 Å². The number of oxazole rings is 1. The Morgan fingerprint density at radius 1 is 1.40 bits per heavy atom. The van der Waals surface area contributed by atoms with Crippen LogP contribution in [0.3, 0.4) is 0 Å². The van der Waals surface area contributed by atoms with Crippen LogP contribution in [0.2, 0.25) is 0 Å². The number of alkyl halides is 3. The highest BCUT2D eigenvalue weighted by Gasteiger charge is 2.56. The number of fused-ring (bicyclic) bond motifs is 3. The summed E-state index contributed by atoms with van der Waals surface area (Å²) in [5, 5.41) is 6.02. The largest absolute Gasteiger partial charge is 0.423 e. The SMILES string of the molecule is CC(C)(C)C12CC(CN(c3nc4c(C(OCC(N)=O)C(F)(F)F)ccc(-c5nccs5)c4o3)C1)N2. The number of aromatic nitrogens is 2. The minimum Gasteiger partial charge on any atom is -0.423 e. The molecule has 0 aliphatic carbocycles. The van der Waals surface area contributed by atoms with Gasteiger partial charge < -0.3 is 25.1 Å². The molecule has 8 nitrogen and oxygen atoms in total. The Labute approximate surface area is 203 Å². The molecule has 3 saturated heterocycles. The molecule has 3 fully saturated rings. The number of nitrogens with two attached hydrogens (primary N) is 1. The molecule has 188 valence electrons. The van der Waals surface area contributed by atoms with Gasteiger partial charge in [-0.2, -0.15) is 18.2 Å². The molecule has 3 aliphatic heterocycles. The van der Waals surface area contributed by atoms with E-state index in [0.717, 1.165) is 6.42 Å². The van der Waals surface area contributed by atoms with Gasteiger partial charge in [-0.3, -0.25) is 4.79 Å². The van der Waals surface area contributed by atoms with Crippen LogP contribution in [0.25, 0.3) is 21.7 Å². The van der Waals surface area contributed by atoms with E-state index in [9.17, 15) is 18.0 Å². The standard InChI is InChI=1S/C23H26F3N5O3S/c1-21(2,3)22-8-12(30-22)9-31(11-22)20-29-16-13(18(23(24,25)26)33-10-15(27)32)4-5-14(17(16)34-20)19-28-6-7-35-19/h4-7,12,18,30H,8-11H2,1-3H3,(H2,27,32). The molecule has 3 aromatic rings. The number of thiazole rings is 1. The molecule has 0 radical (unpaired) electrons. The van der Waals surface area contributed by atoms with E-state index in [4.69, 9.17) is 14.9 Å². The number of carbonyl (C=O) groups excluding carboxylic acids is 1. The number of piperidine rings is 1. The molecule has 2 aromatic heterocycles. The molecule has 0 saturated carbocycles. The van der Waals surface area contributed by atoms with Crippen molar-refractivity contribution >= 4 is 34.4 Å². The molecule has 3 atom stereocenters. The zero-order valence-electron chi connectivity index (χ0n) is 19.5. The second-order valence-electron chi connectivity index (χ2n) is 10.2. The van der Waals surface area contributed by atoms with Crippen LogP contribution in [0.1, 0.15) is 38.9 Å². The lowest BCUT2D eigenvalue weighted by Gasteiger charge is -2.62. The topological polar surface area (TPSA) is 107 Å². The molecule has 5 heterocycles. The van der Waals surface area contributed by atoms with E-state index in [-0.39, 0.29) is 39.7 Å². The number of hydrogen-bond acceptors (Lipinski definition) is 8. The van der Waals surface area contributed by atoms with Gasteiger partial charge in [-0.1, -0.05) is 26.8 Å². The molecule has 35 heavy (non-hydrogen) atoms. The first-order valence-electron chi connectivity index (χ1n) is 11.2. The summed E-state index contributed by atoms with van der Waals surface area (Å²) in [6, 6.07) is 3.32. The van der Waals surface area contributed by atoms with Crippen molar-refractivity contribution in [3.63, 3.8) is 0 Å². The molecule has 1 amide bonds. The van der Waals surface area contributed by atoms with Crippen molar-refractivity contribution < 1.29 is 27.1 Å². The summed E-state index contributed by atoms with van der Waals surface area (Å²) in [7, 11) is 0. The zero-order valence-corrected chi connectivity index (χ0v) is 20.3. The predicted octanol–water partition coefficient (Wildman–Crippen LogP) is 4.02. The molecule has 6 rings (SSSR count). The van der Waals surface area contributed by atoms with Gasteiger partial charge in [-0.25, -0.2) is 4.98 Å². The third kappa shape index (κ3) is 4.17. The number of nitrogens with zero attached hydrogens (tertiary/aromatic N) is 3. The first-order valence-corrected chi connectivity index (χ1v) is 12.1. The molecule has 3 unspecified atom stereocenters. The van der Waals surface area contributed by atoms with Crippen molar-refractivity contribution in [1.29, 1.82) is 0 Å². The maximum Gasteiger partial charge on any atom is 0.418 e. The van der Waals surface area contributed by atoms with E-state index < -0.39 is 24.8 Å². The molecular weight excluding hydrogens is 483 g/mol. The number of nitrogens with one attached hydrogen (secondary N) is 1. The van der Waals surface area contributed by atoms with Crippen LogP contribution in [0.15, 0.2) is 28.1 Å². The smallest absolute Gasteiger partial charge is 0.418 e. The summed E-state index contributed by atoms with van der Waals surface area (Å²) in [5.41, 5.74) is 5.39. The summed E-state index contributed by atoms with van der Waals surface area (Å²) in [6.45, 7) is 6.85. The molecule has 3 N–H and O–H groups in total. The van der Waals surface area contributed by atoms with Crippen molar-refractivity contribution in [2.24, 2.45) is 11.1 Å². The first-order chi connectivity index (χ1) is 16.4. The maximum atomic E-state index is 14.0. The highest BCUT2D eigenvalue weighted by molar-refractivity contribution is 7.13. The van der Waals surface area contributed by atoms with E-state index in [2.05, 4.69) is 36.1 Å². The summed E-state index contributed by atoms with van der Waals surface area (Å²) in [5.74, 6) is -0.997. The molecule has 12 heteroatoms. The van der Waals surface area contributed by atoms with E-state index >= 15 is 0 Å². The maximum absolute atomic E-state index is 14.0. The van der Waals surface area contributed by atoms with Crippen LogP contribution in [-0.2, 0) is 9.53 Å². The fraction of sp³-hybridized carbons (Fsp3) is 0.522. The summed E-state index contributed by atoms with van der Waals surface area (Å²) in [6.07, 6.45) is -4.56. The van der Waals surface area contributed by atoms with Gasteiger partial charge in [0.25, 0.3) is 6.01 Å². The van der Waals surface area contributed by atoms with Crippen molar-refractivity contribution in [3.8, 4) is 10.6 Å². The number of hydrogen-bond donors (Lipinski definition) is 2. The molecule has 2 bridgehead atoms. The van der Waals surface area contributed by atoms with E-state index in [1.54, 1.807) is 11.6 Å². The van der Waals surface area contributed by atoms with Gasteiger partial charge >= 0.3 is 6.18 Å². The van der Waals surface area contributed by atoms with E-state index in [1.807, 2.05) is 4.90 Å². The molecule has 0 spiro atoms. The van der Waals surface area contributed by atoms with Crippen molar-refractivity contribution in [3.05, 3.63) is 29.3 Å². The highest BCUT2D eigenvalue weighted by Crippen LogP contribution is 2.47. The molecule has 1 aromatic carbocycles. The number of rotatable bonds is 6. The number of piperazine rings is 1. The van der Waals surface area contributed by atoms with Crippen molar-refractivity contribution in [2.75, 3.05) is 24.6 Å². The Hall–Kier alpha value is -2.70. The Bertz CT molecular complexity index is 1250. The number of ether oxygens (including phenoxy) is 1. The van der Waals surface area contributed by atoms with Crippen molar-refractivity contribution in [1.82, 2.24) is 15.3 Å². The third-order valence-corrected chi connectivity index (χ3v) is 7.69. The summed E-state index contributed by atoms with van der Waals surface area (Å²) < 4.78 is 53.1. The van der Waals surface area contributed by atoms with Gasteiger partial charge in [0, 0.05) is 41.8 Å². The summed E-state index contributed by atoms with van der Waals surface area (Å²) in [4.78, 5) is 22.0. The number of halogens is 3. The van der Waals surface area contributed by atoms with Crippen LogP contribution in [0, 0.1) is 5.41 Å². The Morgan fingerprint density at radius 3 is 2.74 bits per heavy atom. The van der Waals surface area contributed by atoms with Crippen LogP contribution in [0.4, 0.5) is 19.2 Å². The third-order valence-electron chi connectivity index (χ3n) is 6.88. The normalized spacial score (nSPS) is 23.4. The Kier molecular flexibility index (Phi) is 5.61. The van der Waals surface area contributed by atoms with Crippen LogP contribution < -0.4 is 16.0 Å². The van der Waals surface area contributed by atoms with Gasteiger partial charge in [0.15, 0.2) is 11.7 Å². The Balaban J connectivity index is 1.61. The minimum absolute atomic E-state index is 0.0245.